The Kier molecular flexibility index (Phi) is 22.1. The first-order chi connectivity index (χ1) is 29.2. The predicted octanol–water partition coefficient (Wildman–Crippen LogP) is 3.85. The van der Waals surface area contributed by atoms with E-state index in [4.69, 9.17) is 39.7 Å². The first-order valence-corrected chi connectivity index (χ1v) is 21.0. The zero-order valence-corrected chi connectivity index (χ0v) is 40.0. The second kappa shape index (κ2) is 25.1. The van der Waals surface area contributed by atoms with Gasteiger partial charge in [-0.25, -0.2) is 14.8 Å². The predicted molar refractivity (Wildman–Crippen MR) is 233 cm³/mol. The summed E-state index contributed by atoms with van der Waals surface area (Å²) in [4.78, 5) is 101. The fourth-order valence-electron chi connectivity index (χ4n) is 5.76. The maximum absolute atomic E-state index is 13.8. The van der Waals surface area contributed by atoms with Crippen molar-refractivity contribution in [3.63, 3.8) is 0 Å². The van der Waals surface area contributed by atoms with Crippen LogP contribution in [-0.2, 0) is 73.9 Å². The number of ether oxygens (including phenoxy) is 4. The minimum atomic E-state index is -1.83. The SMILES string of the molecule is C[C@H](N)CCCCN(Cc1nccn1CC(=O)N(CC(=O)OC(C)(C)C)CC(=O)OC(C)(C)C)Cc1nccn1CC(=O)N(CC(=O)OC(C)(C)C)CC(=O)OC(C)(C)C.O=C(O)O. The van der Waals surface area contributed by atoms with E-state index < -0.39 is 90.4 Å². The number of nitrogens with two attached hydrogens (primary N) is 1. The number of hydrogen-bond acceptors (Lipinski definition) is 15. The number of imidazole rings is 2. The van der Waals surface area contributed by atoms with Crippen LogP contribution < -0.4 is 5.73 Å². The van der Waals surface area contributed by atoms with Gasteiger partial charge < -0.3 is 53.8 Å². The normalized spacial score (nSPS) is 12.4. The van der Waals surface area contributed by atoms with E-state index in [0.29, 0.717) is 18.2 Å². The number of esters is 4. The average molecular weight is 909 g/mol. The van der Waals surface area contributed by atoms with Crippen LogP contribution in [0.2, 0.25) is 0 Å². The highest BCUT2D eigenvalue weighted by Crippen LogP contribution is 2.16. The topological polar surface area (TPSA) is 268 Å². The van der Waals surface area contributed by atoms with Gasteiger partial charge >= 0.3 is 30.0 Å². The second-order valence-corrected chi connectivity index (χ2v) is 19.3. The molecule has 0 saturated carbocycles. The van der Waals surface area contributed by atoms with Crippen LogP contribution in [0, 0.1) is 0 Å². The van der Waals surface area contributed by atoms with E-state index in [1.807, 2.05) is 6.92 Å². The highest BCUT2D eigenvalue weighted by atomic mass is 16.6. The lowest BCUT2D eigenvalue weighted by molar-refractivity contribution is -0.165. The maximum atomic E-state index is 13.8. The molecule has 2 aromatic heterocycles. The quantitative estimate of drug-likeness (QED) is 0.0912. The highest BCUT2D eigenvalue weighted by Gasteiger charge is 2.29. The molecule has 0 aromatic carbocycles. The molecule has 2 amide bonds. The summed E-state index contributed by atoms with van der Waals surface area (Å²) in [5.41, 5.74) is 2.81. The number of nitrogens with zero attached hydrogens (tertiary/aromatic N) is 7. The molecule has 21 heteroatoms. The molecule has 0 radical (unpaired) electrons. The van der Waals surface area contributed by atoms with Crippen molar-refractivity contribution in [1.82, 2.24) is 33.8 Å². The summed E-state index contributed by atoms with van der Waals surface area (Å²) in [6.45, 7) is 21.3. The van der Waals surface area contributed by atoms with E-state index in [9.17, 15) is 28.8 Å². The van der Waals surface area contributed by atoms with Crippen LogP contribution >= 0.6 is 0 Å². The van der Waals surface area contributed by atoms with E-state index in [2.05, 4.69) is 14.9 Å². The summed E-state index contributed by atoms with van der Waals surface area (Å²) >= 11 is 0. The molecule has 0 aliphatic heterocycles. The Hall–Kier alpha value is -5.57. The Morgan fingerprint density at radius 2 is 0.891 bits per heavy atom. The lowest BCUT2D eigenvalue weighted by Crippen LogP contribution is -2.44. The molecule has 0 unspecified atom stereocenters. The third-order valence-corrected chi connectivity index (χ3v) is 7.99. The van der Waals surface area contributed by atoms with Crippen LogP contribution in [0.15, 0.2) is 24.8 Å². The molecule has 21 nitrogen and oxygen atoms in total. The van der Waals surface area contributed by atoms with Gasteiger partial charge in [-0.2, -0.15) is 0 Å². The molecule has 0 fully saturated rings. The van der Waals surface area contributed by atoms with Crippen molar-refractivity contribution in [3.8, 4) is 0 Å². The van der Waals surface area contributed by atoms with Crippen molar-refractivity contribution >= 4 is 41.8 Å². The van der Waals surface area contributed by atoms with E-state index in [0.717, 1.165) is 29.1 Å². The van der Waals surface area contributed by atoms with Crippen LogP contribution in [0.25, 0.3) is 0 Å². The summed E-state index contributed by atoms with van der Waals surface area (Å²) in [6.07, 6.45) is 7.02. The molecule has 1 atom stereocenters. The number of rotatable bonds is 21. The van der Waals surface area contributed by atoms with Gasteiger partial charge in [0.1, 0.15) is 73.3 Å². The number of hydrogen-bond donors (Lipinski definition) is 3. The minimum absolute atomic E-state index is 0.0295. The molecule has 2 heterocycles. The van der Waals surface area contributed by atoms with Gasteiger partial charge in [0, 0.05) is 30.8 Å². The molecule has 0 aliphatic rings. The van der Waals surface area contributed by atoms with Gasteiger partial charge in [-0.3, -0.25) is 33.7 Å². The zero-order chi connectivity index (χ0) is 49.2. The summed E-state index contributed by atoms with van der Waals surface area (Å²) in [5.74, 6) is -2.67. The van der Waals surface area contributed by atoms with Gasteiger partial charge in [0.05, 0.1) is 13.1 Å². The van der Waals surface area contributed by atoms with Crippen LogP contribution in [0.1, 0.15) is 121 Å². The van der Waals surface area contributed by atoms with Gasteiger partial charge in [0.15, 0.2) is 0 Å². The molecular weight excluding hydrogens is 837 g/mol. The Labute approximate surface area is 376 Å². The number of carboxylic acid groups (broad SMARTS) is 2. The Bertz CT molecular complexity index is 1660. The van der Waals surface area contributed by atoms with Crippen molar-refractivity contribution in [1.29, 1.82) is 0 Å². The molecule has 0 bridgehead atoms. The minimum Gasteiger partial charge on any atom is -0.459 e. The molecule has 0 spiro atoms. The Morgan fingerprint density at radius 3 is 1.16 bits per heavy atom. The molecular formula is C43H72N8O13. The number of aromatic nitrogens is 4. The molecule has 4 N–H and O–H groups in total. The first-order valence-electron chi connectivity index (χ1n) is 21.0. The monoisotopic (exact) mass is 909 g/mol. The van der Waals surface area contributed by atoms with E-state index in [1.54, 1.807) is 117 Å². The highest BCUT2D eigenvalue weighted by molar-refractivity contribution is 5.87. The fraction of sp³-hybridized carbons (Fsp3) is 0.698. The van der Waals surface area contributed by atoms with Gasteiger partial charge in [0.25, 0.3) is 0 Å². The van der Waals surface area contributed by atoms with Crippen molar-refractivity contribution in [2.75, 3.05) is 32.7 Å². The standard InChI is InChI=1S/C42H70N8O10.CH2O3/c1-30(43)16-14-15-19-46(22-31-44-17-20-47(31)24-33(51)49(26-35(53)57-39(2,3)4)27-36(54)58-40(5,6)7)23-32-45-18-21-48(32)25-34(52)50(28-37(55)59-41(8,9)10)29-38(56)60-42(11,12)13;2-1(3)4/h17-18,20-21,30H,14-16,19,22-29,43H2,1-13H3;(H2,2,3,4)/t30-;/m0./s1. The first kappa shape index (κ1) is 56.4. The van der Waals surface area contributed by atoms with Crippen LogP contribution in [0.4, 0.5) is 4.79 Å². The number of carbonyl (C=O) groups excluding carboxylic acids is 6. The molecule has 0 aliphatic carbocycles. The molecule has 2 aromatic rings. The van der Waals surface area contributed by atoms with Crippen LogP contribution in [-0.4, -0.2) is 147 Å². The number of amides is 2. The van der Waals surface area contributed by atoms with Crippen molar-refractivity contribution < 1.29 is 62.7 Å². The van der Waals surface area contributed by atoms with E-state index in [-0.39, 0.29) is 32.2 Å². The summed E-state index contributed by atoms with van der Waals surface area (Å²) in [7, 11) is 0. The molecule has 64 heavy (non-hydrogen) atoms. The summed E-state index contributed by atoms with van der Waals surface area (Å²) < 4.78 is 25.1. The van der Waals surface area contributed by atoms with Gasteiger partial charge in [-0.15, -0.1) is 0 Å². The second-order valence-electron chi connectivity index (χ2n) is 19.3. The van der Waals surface area contributed by atoms with E-state index >= 15 is 0 Å². The molecule has 2 rings (SSSR count). The molecule has 362 valence electrons. The smallest absolute Gasteiger partial charge is 0.459 e. The lowest BCUT2D eigenvalue weighted by Gasteiger charge is -2.27. The summed E-state index contributed by atoms with van der Waals surface area (Å²) in [6, 6.07) is 0.0295. The lowest BCUT2D eigenvalue weighted by atomic mass is 10.1. The fourth-order valence-corrected chi connectivity index (χ4v) is 5.76. The largest absolute Gasteiger partial charge is 0.503 e. The zero-order valence-electron chi connectivity index (χ0n) is 40.0. The summed E-state index contributed by atoms with van der Waals surface area (Å²) in [5, 5.41) is 13.9. The van der Waals surface area contributed by atoms with Gasteiger partial charge in [0.2, 0.25) is 11.8 Å². The van der Waals surface area contributed by atoms with Gasteiger partial charge in [-0.05, 0) is 109 Å². The Balaban J connectivity index is 0.00000490. The Morgan fingerprint density at radius 1 is 0.594 bits per heavy atom. The molecule has 0 saturated heterocycles. The van der Waals surface area contributed by atoms with Crippen molar-refractivity contribution in [2.24, 2.45) is 5.73 Å². The van der Waals surface area contributed by atoms with Crippen molar-refractivity contribution in [2.45, 2.75) is 164 Å². The van der Waals surface area contributed by atoms with Crippen LogP contribution in [0.5, 0.6) is 0 Å². The third kappa shape index (κ3) is 26.1. The van der Waals surface area contributed by atoms with Crippen molar-refractivity contribution in [3.05, 3.63) is 36.4 Å². The van der Waals surface area contributed by atoms with E-state index in [1.165, 1.54) is 0 Å². The van der Waals surface area contributed by atoms with Crippen LogP contribution in [0.3, 0.4) is 0 Å². The third-order valence-electron chi connectivity index (χ3n) is 7.99. The van der Waals surface area contributed by atoms with Gasteiger partial charge in [-0.1, -0.05) is 6.42 Å². The average Bonchev–Trinajstić information content (AvgIpc) is 3.70. The maximum Gasteiger partial charge on any atom is 0.503 e. The number of unbranched alkanes of at least 4 members (excludes halogenated alkanes) is 1. The number of carbonyl (C=O) groups is 7.